The Balaban J connectivity index is 2.12. The van der Waals surface area contributed by atoms with Crippen molar-refractivity contribution in [2.45, 2.75) is 39.7 Å². The summed E-state index contributed by atoms with van der Waals surface area (Å²) >= 11 is 0. The number of halogens is 1. The lowest BCUT2D eigenvalue weighted by Crippen LogP contribution is -2.31. The predicted molar refractivity (Wildman–Crippen MR) is 95.2 cm³/mol. The Morgan fingerprint density at radius 3 is 2.36 bits per heavy atom. The number of benzene rings is 2. The van der Waals surface area contributed by atoms with Gasteiger partial charge in [-0.05, 0) is 43.0 Å². The lowest BCUT2D eigenvalue weighted by atomic mass is 9.98. The molecule has 5 heteroatoms. The summed E-state index contributed by atoms with van der Waals surface area (Å²) in [6.45, 7) is 7.43. The number of hydrogen-bond donors (Lipinski definition) is 1. The molecule has 4 nitrogen and oxygen atoms in total. The van der Waals surface area contributed by atoms with Crippen LogP contribution in [0.15, 0.2) is 42.5 Å². The molecule has 0 aromatic heterocycles. The molecule has 0 saturated carbocycles. The highest BCUT2D eigenvalue weighted by Crippen LogP contribution is 2.27. The van der Waals surface area contributed by atoms with Gasteiger partial charge in [-0.3, -0.25) is 4.79 Å². The van der Waals surface area contributed by atoms with Crippen LogP contribution in [0, 0.1) is 12.7 Å². The first kappa shape index (κ1) is 18.6. The fourth-order valence-electron chi connectivity index (χ4n) is 2.47. The molecule has 0 saturated heterocycles. The van der Waals surface area contributed by atoms with Crippen molar-refractivity contribution in [1.82, 2.24) is 0 Å². The van der Waals surface area contributed by atoms with Crippen LogP contribution in [0.5, 0.6) is 0 Å². The van der Waals surface area contributed by atoms with Crippen LogP contribution in [0.3, 0.4) is 0 Å². The average molecular weight is 343 g/mol. The van der Waals surface area contributed by atoms with Crippen LogP contribution in [0.2, 0.25) is 0 Å². The number of aryl methyl sites for hydroxylation is 1. The van der Waals surface area contributed by atoms with Gasteiger partial charge in [0.15, 0.2) is 6.10 Å². The number of ether oxygens (including phenoxy) is 1. The van der Waals surface area contributed by atoms with Crippen LogP contribution in [-0.4, -0.2) is 18.0 Å². The van der Waals surface area contributed by atoms with Crippen LogP contribution >= 0.6 is 0 Å². The Morgan fingerprint density at radius 2 is 1.72 bits per heavy atom. The second kappa shape index (κ2) is 7.92. The quantitative estimate of drug-likeness (QED) is 0.817. The van der Waals surface area contributed by atoms with Crippen LogP contribution in [0.1, 0.15) is 48.2 Å². The molecule has 2 rings (SSSR count). The maximum absolute atomic E-state index is 13.6. The predicted octanol–water partition coefficient (Wildman–Crippen LogP) is 4.44. The molecule has 132 valence electrons. The van der Waals surface area contributed by atoms with Crippen molar-refractivity contribution in [1.29, 1.82) is 0 Å². The molecule has 0 bridgehead atoms. The molecule has 0 unspecified atom stereocenters. The number of nitrogens with one attached hydrogen (secondary N) is 1. The molecule has 2 aromatic carbocycles. The number of carbonyl (C=O) groups excluding carboxylic acids is 2. The van der Waals surface area contributed by atoms with Gasteiger partial charge in [0.1, 0.15) is 5.82 Å². The van der Waals surface area contributed by atoms with Crippen LogP contribution in [0.25, 0.3) is 0 Å². The van der Waals surface area contributed by atoms with Gasteiger partial charge in [0.25, 0.3) is 5.91 Å². The molecular weight excluding hydrogens is 321 g/mol. The molecule has 0 aliphatic carbocycles. The number of anilines is 1. The molecule has 0 aliphatic heterocycles. The topological polar surface area (TPSA) is 55.4 Å². The molecule has 1 N–H and O–H groups in total. The van der Waals surface area contributed by atoms with E-state index in [2.05, 4.69) is 5.32 Å². The summed E-state index contributed by atoms with van der Waals surface area (Å²) in [7, 11) is 0. The van der Waals surface area contributed by atoms with Crippen molar-refractivity contribution in [3.05, 3.63) is 65.0 Å². The zero-order valence-corrected chi connectivity index (χ0v) is 14.8. The lowest BCUT2D eigenvalue weighted by molar-refractivity contribution is -0.123. The highest BCUT2D eigenvalue weighted by Gasteiger charge is 2.22. The minimum absolute atomic E-state index is 0.194. The normalized spacial score (nSPS) is 11.9. The molecule has 1 atom stereocenters. The first-order valence-corrected chi connectivity index (χ1v) is 8.17. The summed E-state index contributed by atoms with van der Waals surface area (Å²) in [6.07, 6.45) is -1.05. The van der Waals surface area contributed by atoms with Gasteiger partial charge < -0.3 is 10.1 Å². The molecule has 0 fully saturated rings. The van der Waals surface area contributed by atoms with E-state index < -0.39 is 23.8 Å². The minimum atomic E-state index is -1.05. The van der Waals surface area contributed by atoms with E-state index in [1.54, 1.807) is 0 Å². The average Bonchev–Trinajstić information content (AvgIpc) is 2.56. The van der Waals surface area contributed by atoms with E-state index in [-0.39, 0.29) is 11.5 Å². The van der Waals surface area contributed by atoms with Crippen molar-refractivity contribution >= 4 is 17.6 Å². The summed E-state index contributed by atoms with van der Waals surface area (Å²) < 4.78 is 18.7. The number of rotatable bonds is 5. The van der Waals surface area contributed by atoms with E-state index in [4.69, 9.17) is 4.74 Å². The van der Waals surface area contributed by atoms with Crippen molar-refractivity contribution in [3.63, 3.8) is 0 Å². The molecule has 0 spiro atoms. The first-order valence-electron chi connectivity index (χ1n) is 8.17. The SMILES string of the molecule is Cc1cccc(C(C)C)c1NC(=O)[C@@H](C)OC(=O)c1ccccc1F. The van der Waals surface area contributed by atoms with Crippen molar-refractivity contribution in [2.75, 3.05) is 5.32 Å². The van der Waals surface area contributed by atoms with E-state index in [9.17, 15) is 14.0 Å². The number of esters is 1. The molecule has 1 amide bonds. The lowest BCUT2D eigenvalue weighted by Gasteiger charge is -2.19. The summed E-state index contributed by atoms with van der Waals surface area (Å²) in [5.74, 6) is -1.77. The highest BCUT2D eigenvalue weighted by atomic mass is 19.1. The summed E-state index contributed by atoms with van der Waals surface area (Å²) in [5.41, 5.74) is 2.45. The van der Waals surface area contributed by atoms with Gasteiger partial charge in [-0.1, -0.05) is 44.2 Å². The zero-order chi connectivity index (χ0) is 18.6. The standard InChI is InChI=1S/C20H22FNO3/c1-12(2)15-10-7-8-13(3)18(15)22-19(23)14(4)25-20(24)16-9-5-6-11-17(16)21/h5-12,14H,1-4H3,(H,22,23)/t14-/m1/s1. The fourth-order valence-corrected chi connectivity index (χ4v) is 2.47. The van der Waals surface area contributed by atoms with E-state index in [0.717, 1.165) is 16.8 Å². The molecule has 2 aromatic rings. The highest BCUT2D eigenvalue weighted by molar-refractivity contribution is 5.98. The number of para-hydroxylation sites is 1. The third-order valence-electron chi connectivity index (χ3n) is 3.92. The largest absolute Gasteiger partial charge is 0.449 e. The van der Waals surface area contributed by atoms with Gasteiger partial charge in [0.2, 0.25) is 0 Å². The molecule has 0 aliphatic rings. The molecule has 25 heavy (non-hydrogen) atoms. The van der Waals surface area contributed by atoms with Gasteiger partial charge in [0.05, 0.1) is 5.56 Å². The van der Waals surface area contributed by atoms with Crippen LogP contribution < -0.4 is 5.32 Å². The van der Waals surface area contributed by atoms with Crippen LogP contribution in [0.4, 0.5) is 10.1 Å². The first-order chi connectivity index (χ1) is 11.8. The van der Waals surface area contributed by atoms with E-state index in [0.29, 0.717) is 0 Å². The summed E-state index contributed by atoms with van der Waals surface area (Å²) in [5, 5.41) is 2.82. The van der Waals surface area contributed by atoms with E-state index in [1.165, 1.54) is 31.2 Å². The Bertz CT molecular complexity index is 786. The number of carbonyl (C=O) groups is 2. The van der Waals surface area contributed by atoms with Gasteiger partial charge in [0, 0.05) is 5.69 Å². The maximum atomic E-state index is 13.6. The van der Waals surface area contributed by atoms with Gasteiger partial charge in [-0.25, -0.2) is 9.18 Å². The van der Waals surface area contributed by atoms with Gasteiger partial charge in [-0.2, -0.15) is 0 Å². The maximum Gasteiger partial charge on any atom is 0.341 e. The third-order valence-corrected chi connectivity index (χ3v) is 3.92. The second-order valence-corrected chi connectivity index (χ2v) is 6.21. The fraction of sp³-hybridized carbons (Fsp3) is 0.300. The van der Waals surface area contributed by atoms with Gasteiger partial charge in [-0.15, -0.1) is 0 Å². The summed E-state index contributed by atoms with van der Waals surface area (Å²) in [6, 6.07) is 11.3. The Morgan fingerprint density at radius 1 is 1.04 bits per heavy atom. The number of amides is 1. The zero-order valence-electron chi connectivity index (χ0n) is 14.8. The molecule has 0 heterocycles. The molecule has 0 radical (unpaired) electrons. The second-order valence-electron chi connectivity index (χ2n) is 6.21. The van der Waals surface area contributed by atoms with Gasteiger partial charge >= 0.3 is 5.97 Å². The Labute approximate surface area is 147 Å². The minimum Gasteiger partial charge on any atom is -0.449 e. The van der Waals surface area contributed by atoms with Crippen molar-refractivity contribution in [2.24, 2.45) is 0 Å². The Hall–Kier alpha value is -2.69. The monoisotopic (exact) mass is 343 g/mol. The van der Waals surface area contributed by atoms with Crippen molar-refractivity contribution in [3.8, 4) is 0 Å². The Kier molecular flexibility index (Phi) is 5.91. The van der Waals surface area contributed by atoms with Crippen LogP contribution in [-0.2, 0) is 9.53 Å². The number of hydrogen-bond acceptors (Lipinski definition) is 3. The molecular formula is C20H22FNO3. The smallest absolute Gasteiger partial charge is 0.341 e. The summed E-state index contributed by atoms with van der Waals surface area (Å²) in [4.78, 5) is 24.4. The van der Waals surface area contributed by atoms with Crippen molar-refractivity contribution < 1.29 is 18.7 Å². The third kappa shape index (κ3) is 4.44. The van der Waals surface area contributed by atoms with E-state index >= 15 is 0 Å². The van der Waals surface area contributed by atoms with E-state index in [1.807, 2.05) is 39.0 Å².